The number of hydrogen-bond donors (Lipinski definition) is 4. The van der Waals surface area contributed by atoms with Crippen LogP contribution in [0.5, 0.6) is 0 Å². The van der Waals surface area contributed by atoms with Crippen LogP contribution in [0.3, 0.4) is 0 Å². The van der Waals surface area contributed by atoms with Gasteiger partial charge in [0.15, 0.2) is 6.29 Å². The number of benzene rings is 2. The summed E-state index contributed by atoms with van der Waals surface area (Å²) in [5.74, 6) is -6.04. The zero-order valence-electron chi connectivity index (χ0n) is 22.9. The van der Waals surface area contributed by atoms with Crippen LogP contribution in [0, 0.1) is 11.8 Å². The van der Waals surface area contributed by atoms with Gasteiger partial charge in [-0.3, -0.25) is 9.69 Å². The fraction of sp³-hybridized carbons (Fsp3) is 0.567. The fourth-order valence-electron chi connectivity index (χ4n) is 8.40. The molecular formula is C30H33Cl2F2N3O4. The largest absolute Gasteiger partial charge is 0.371 e. The summed E-state index contributed by atoms with van der Waals surface area (Å²) in [5, 5.41) is 36.3. The Hall–Kier alpha value is -2.01. The molecule has 11 heteroatoms. The van der Waals surface area contributed by atoms with Crippen molar-refractivity contribution in [2.75, 3.05) is 18.4 Å². The van der Waals surface area contributed by atoms with Crippen molar-refractivity contribution in [3.63, 3.8) is 0 Å². The molecule has 41 heavy (non-hydrogen) atoms. The summed E-state index contributed by atoms with van der Waals surface area (Å²) in [7, 11) is 0. The Morgan fingerprint density at radius 3 is 2.51 bits per heavy atom. The predicted octanol–water partition coefficient (Wildman–Crippen LogP) is 4.05. The van der Waals surface area contributed by atoms with E-state index < -0.39 is 60.7 Å². The van der Waals surface area contributed by atoms with E-state index in [2.05, 4.69) is 44.3 Å². The molecule has 5 aliphatic rings. The highest BCUT2D eigenvalue weighted by Crippen LogP contribution is 2.65. The zero-order valence-corrected chi connectivity index (χ0v) is 24.4. The molecule has 7 rings (SSSR count). The lowest BCUT2D eigenvalue weighted by Gasteiger charge is -2.44. The van der Waals surface area contributed by atoms with Crippen LogP contribution >= 0.6 is 23.2 Å². The molecular weight excluding hydrogens is 575 g/mol. The van der Waals surface area contributed by atoms with Crippen LogP contribution in [-0.4, -0.2) is 74.6 Å². The third kappa shape index (κ3) is 3.66. The molecule has 7 nitrogen and oxygen atoms in total. The normalized spacial score (nSPS) is 36.7. The van der Waals surface area contributed by atoms with Gasteiger partial charge in [0, 0.05) is 47.0 Å². The van der Waals surface area contributed by atoms with Crippen molar-refractivity contribution in [2.24, 2.45) is 11.8 Å². The highest BCUT2D eigenvalue weighted by atomic mass is 35.5. The number of anilines is 1. The quantitative estimate of drug-likeness (QED) is 0.393. The molecule has 0 bridgehead atoms. The molecule has 4 N–H and O–H groups in total. The Balaban J connectivity index is 1.27. The van der Waals surface area contributed by atoms with E-state index in [1.165, 1.54) is 22.6 Å². The van der Waals surface area contributed by atoms with Gasteiger partial charge >= 0.3 is 0 Å². The molecule has 1 saturated carbocycles. The number of fused-ring (bicyclic) bond motifs is 5. The molecule has 220 valence electrons. The van der Waals surface area contributed by atoms with Crippen LogP contribution in [0.25, 0.3) is 0 Å². The lowest BCUT2D eigenvalue weighted by Crippen LogP contribution is -2.59. The minimum absolute atomic E-state index is 0.0334. The number of alkyl halides is 2. The van der Waals surface area contributed by atoms with Gasteiger partial charge in [-0.2, -0.15) is 0 Å². The molecule has 7 atom stereocenters. The zero-order chi connectivity index (χ0) is 29.4. The van der Waals surface area contributed by atoms with Crippen molar-refractivity contribution in [1.29, 1.82) is 0 Å². The average molecular weight is 609 g/mol. The molecule has 1 spiro atoms. The number of aliphatic hydroxyl groups is 3. The minimum atomic E-state index is -3.14. The molecule has 2 aromatic rings. The summed E-state index contributed by atoms with van der Waals surface area (Å²) in [6.45, 7) is 6.12. The average Bonchev–Trinajstić information content (AvgIpc) is 3.08. The van der Waals surface area contributed by atoms with Crippen LogP contribution in [0.4, 0.5) is 14.5 Å². The molecule has 4 aliphatic heterocycles. The van der Waals surface area contributed by atoms with E-state index in [9.17, 15) is 20.1 Å². The van der Waals surface area contributed by atoms with Gasteiger partial charge in [0.1, 0.15) is 11.8 Å². The second kappa shape index (κ2) is 8.55. The molecule has 0 aromatic heterocycles. The van der Waals surface area contributed by atoms with Gasteiger partial charge in [0.25, 0.3) is 5.92 Å². The van der Waals surface area contributed by atoms with Crippen LogP contribution in [0.15, 0.2) is 36.4 Å². The SMILES string of the molecule is CC(C)(C)c1cccc(C23CC2N(C(=O)[C@H]2C4CC(F)(F)CN4[C@@]4(c5cc(Cl)cc(Cl)c5NC4O)C2C(O)O)C3)c1. The molecule has 1 amide bonds. The Morgan fingerprint density at radius 2 is 1.85 bits per heavy atom. The van der Waals surface area contributed by atoms with Crippen molar-refractivity contribution < 1.29 is 28.9 Å². The van der Waals surface area contributed by atoms with Gasteiger partial charge in [0.05, 0.1) is 23.2 Å². The lowest BCUT2D eigenvalue weighted by molar-refractivity contribution is -0.165. The van der Waals surface area contributed by atoms with Crippen LogP contribution in [-0.2, 0) is 21.2 Å². The van der Waals surface area contributed by atoms with E-state index in [0.717, 1.165) is 12.0 Å². The monoisotopic (exact) mass is 607 g/mol. The van der Waals surface area contributed by atoms with Gasteiger partial charge < -0.3 is 25.5 Å². The number of nitrogens with zero attached hydrogens (tertiary/aromatic N) is 2. The molecule has 5 unspecified atom stereocenters. The molecule has 4 fully saturated rings. The lowest BCUT2D eigenvalue weighted by atomic mass is 9.72. The summed E-state index contributed by atoms with van der Waals surface area (Å²) in [6.07, 6.45) is -3.50. The number of carbonyl (C=O) groups excluding carboxylic acids is 1. The Morgan fingerprint density at radius 1 is 1.12 bits per heavy atom. The predicted molar refractivity (Wildman–Crippen MR) is 150 cm³/mol. The number of likely N-dealkylation sites (tertiary alicyclic amines) is 1. The number of rotatable bonds is 3. The van der Waals surface area contributed by atoms with Crippen molar-refractivity contribution >= 4 is 34.8 Å². The van der Waals surface area contributed by atoms with Crippen LogP contribution in [0.2, 0.25) is 10.0 Å². The second-order valence-electron chi connectivity index (χ2n) is 13.6. The van der Waals surface area contributed by atoms with Crippen LogP contribution in [0.1, 0.15) is 50.3 Å². The first-order valence-electron chi connectivity index (χ1n) is 14.0. The first kappa shape index (κ1) is 27.8. The van der Waals surface area contributed by atoms with Crippen molar-refractivity contribution in [3.05, 3.63) is 63.1 Å². The van der Waals surface area contributed by atoms with Gasteiger partial charge in [-0.25, -0.2) is 8.78 Å². The standard InChI is InChI=1S/C30H33Cl2F2N3O4/c1-27(2,3)14-5-4-6-15(7-14)28-11-20(28)36(12-28)24(38)21-19-10-29(33,34)13-37(19)30(22(21)25(39)40)17-8-16(31)9-18(32)23(17)35-26(30)41/h4-9,19-22,25-26,35,39-41H,10-13H2,1-3H3/t19?,20?,21-,22?,26?,28?,30-/m0/s1. The van der Waals surface area contributed by atoms with E-state index in [4.69, 9.17) is 23.2 Å². The van der Waals surface area contributed by atoms with Crippen molar-refractivity contribution in [1.82, 2.24) is 9.80 Å². The van der Waals surface area contributed by atoms with Crippen LogP contribution < -0.4 is 5.32 Å². The van der Waals surface area contributed by atoms with E-state index in [-0.39, 0.29) is 38.2 Å². The maximum atomic E-state index is 15.1. The summed E-state index contributed by atoms with van der Waals surface area (Å²) in [6, 6.07) is 10.2. The fourth-order valence-corrected chi connectivity index (χ4v) is 8.95. The molecule has 0 radical (unpaired) electrons. The minimum Gasteiger partial charge on any atom is -0.371 e. The number of carbonyl (C=O) groups is 1. The van der Waals surface area contributed by atoms with Gasteiger partial charge in [-0.05, 0) is 35.1 Å². The Labute approximate surface area is 247 Å². The molecule has 3 saturated heterocycles. The topological polar surface area (TPSA) is 96.3 Å². The van der Waals surface area contributed by atoms with E-state index in [1.807, 2.05) is 6.07 Å². The number of halogens is 4. The summed E-state index contributed by atoms with van der Waals surface area (Å²) < 4.78 is 30.2. The molecule has 4 heterocycles. The van der Waals surface area contributed by atoms with E-state index in [0.29, 0.717) is 6.54 Å². The third-order valence-electron chi connectivity index (χ3n) is 10.3. The number of nitrogens with one attached hydrogen (secondary N) is 1. The maximum Gasteiger partial charge on any atom is 0.262 e. The first-order chi connectivity index (χ1) is 19.1. The second-order valence-corrected chi connectivity index (χ2v) is 14.4. The number of aliphatic hydroxyl groups excluding tert-OH is 2. The Kier molecular flexibility index (Phi) is 5.79. The number of hydrogen-bond acceptors (Lipinski definition) is 6. The van der Waals surface area contributed by atoms with Gasteiger partial charge in [-0.1, -0.05) is 68.2 Å². The van der Waals surface area contributed by atoms with E-state index >= 15 is 8.78 Å². The smallest absolute Gasteiger partial charge is 0.262 e. The Bertz CT molecular complexity index is 1470. The van der Waals surface area contributed by atoms with Crippen molar-refractivity contribution in [3.8, 4) is 0 Å². The highest BCUT2D eigenvalue weighted by molar-refractivity contribution is 6.36. The summed E-state index contributed by atoms with van der Waals surface area (Å²) in [5.41, 5.74) is 0.945. The number of amides is 1. The highest BCUT2D eigenvalue weighted by Gasteiger charge is 2.76. The summed E-state index contributed by atoms with van der Waals surface area (Å²) in [4.78, 5) is 17.4. The van der Waals surface area contributed by atoms with Crippen molar-refractivity contribution in [2.45, 2.75) is 80.5 Å². The molecule has 1 aliphatic carbocycles. The third-order valence-corrected chi connectivity index (χ3v) is 10.9. The summed E-state index contributed by atoms with van der Waals surface area (Å²) >= 11 is 12.7. The van der Waals surface area contributed by atoms with Gasteiger partial charge in [0.2, 0.25) is 5.91 Å². The first-order valence-corrected chi connectivity index (χ1v) is 14.7. The molecule has 2 aromatic carbocycles. The maximum absolute atomic E-state index is 15.1. The van der Waals surface area contributed by atoms with E-state index in [1.54, 1.807) is 4.90 Å². The van der Waals surface area contributed by atoms with Gasteiger partial charge in [-0.15, -0.1) is 0 Å².